The highest BCUT2D eigenvalue weighted by molar-refractivity contribution is 8.15. The van der Waals surface area contributed by atoms with Crippen molar-refractivity contribution in [3.8, 4) is 0 Å². The number of hydrogen-bond acceptors (Lipinski definition) is 8. The number of nitrogens with zero attached hydrogens (tertiary/aromatic N) is 3. The van der Waals surface area contributed by atoms with E-state index in [2.05, 4.69) is 5.16 Å². The zero-order chi connectivity index (χ0) is 19.6. The van der Waals surface area contributed by atoms with Gasteiger partial charge in [-0.1, -0.05) is 24.4 Å². The Kier molecular flexibility index (Phi) is 11.7. The number of oxime groups is 1. The van der Waals surface area contributed by atoms with Gasteiger partial charge in [-0.2, -0.15) is 4.08 Å². The van der Waals surface area contributed by atoms with Crippen LogP contribution in [0.15, 0.2) is 5.16 Å². The molecule has 0 aliphatic heterocycles. The van der Waals surface area contributed by atoms with Crippen molar-refractivity contribution < 1.29 is 18.7 Å². The molecule has 0 heterocycles. The maximum absolute atomic E-state index is 12.3. The lowest BCUT2D eigenvalue weighted by Crippen LogP contribution is -2.35. The molecule has 7 nitrogen and oxygen atoms in total. The van der Waals surface area contributed by atoms with Gasteiger partial charge in [0.1, 0.15) is 5.04 Å². The molecule has 0 N–H and O–H groups in total. The average molecular weight is 444 g/mol. The molecule has 0 atom stereocenters. The Hall–Kier alpha value is 0.170. The van der Waals surface area contributed by atoms with Crippen LogP contribution in [0.4, 0.5) is 4.79 Å². The van der Waals surface area contributed by atoms with E-state index < -0.39 is 12.7 Å². The second-order valence-corrected chi connectivity index (χ2v) is 11.3. The average Bonchev–Trinajstić information content (AvgIpc) is 2.64. The molecule has 1 rings (SSSR count). The van der Waals surface area contributed by atoms with Crippen molar-refractivity contribution in [2.75, 3.05) is 26.5 Å². The summed E-state index contributed by atoms with van der Waals surface area (Å²) in [5, 5.41) is 4.47. The van der Waals surface area contributed by atoms with Gasteiger partial charge in [-0.3, -0.25) is 4.84 Å². The summed E-state index contributed by atoms with van der Waals surface area (Å²) in [7, 11) is 1.64. The third-order valence-corrected chi connectivity index (χ3v) is 9.56. The molecule has 0 aromatic heterocycles. The van der Waals surface area contributed by atoms with Crippen molar-refractivity contribution in [2.45, 2.75) is 58.9 Å². The molecule has 1 saturated carbocycles. The summed E-state index contributed by atoms with van der Waals surface area (Å²) in [5.41, 5.74) is 0. The van der Waals surface area contributed by atoms with Crippen LogP contribution in [-0.4, -0.2) is 52.1 Å². The molecule has 26 heavy (non-hydrogen) atoms. The van der Waals surface area contributed by atoms with Crippen LogP contribution in [0.5, 0.6) is 0 Å². The zero-order valence-corrected chi connectivity index (χ0v) is 19.5. The number of carbonyl (C=O) groups excluding carboxylic acids is 1. The Morgan fingerprint density at radius 1 is 1.23 bits per heavy atom. The predicted octanol–water partition coefficient (Wildman–Crippen LogP) is 5.25. The Labute approximate surface area is 171 Å². The summed E-state index contributed by atoms with van der Waals surface area (Å²) in [4.78, 5) is 17.2. The summed E-state index contributed by atoms with van der Waals surface area (Å²) in [6.45, 7) is 3.82. The van der Waals surface area contributed by atoms with E-state index >= 15 is 0 Å². The monoisotopic (exact) mass is 443 g/mol. The largest absolute Gasteiger partial charge is 0.446 e. The molecule has 11 heteroatoms. The molecule has 0 saturated heterocycles. The Bertz CT molecular complexity index is 508. The Morgan fingerprint density at radius 3 is 2.31 bits per heavy atom. The predicted molar refractivity (Wildman–Crippen MR) is 115 cm³/mol. The first-order valence-corrected chi connectivity index (χ1v) is 13.3. The quantitative estimate of drug-likeness (QED) is 0.120. The number of carbonyl (C=O) groups is 1. The standard InChI is InChI=1S/C15H30N3O4PS3/c1-6-20-23(24,21-7-2)18(14-11-9-8-10-12-14)26-17(4)15(19)22-16-13(3)25-5/h14H,6-12H2,1-5H3. The topological polar surface area (TPSA) is 63.6 Å². The smallest absolute Gasteiger partial charge is 0.318 e. The van der Waals surface area contributed by atoms with Crippen LogP contribution in [0.2, 0.25) is 0 Å². The highest BCUT2D eigenvalue weighted by Crippen LogP contribution is 2.59. The molecule has 1 fully saturated rings. The van der Waals surface area contributed by atoms with Gasteiger partial charge >= 0.3 is 6.09 Å². The molecular formula is C15H30N3O4PS3. The lowest BCUT2D eigenvalue weighted by Gasteiger charge is -2.40. The number of hydrogen-bond donors (Lipinski definition) is 0. The normalized spacial score (nSPS) is 16.8. The highest BCUT2D eigenvalue weighted by atomic mass is 32.5. The minimum absolute atomic E-state index is 0.212. The molecule has 0 spiro atoms. The molecule has 0 aromatic carbocycles. The van der Waals surface area contributed by atoms with Crippen LogP contribution in [0.1, 0.15) is 52.9 Å². The molecule has 0 bridgehead atoms. The maximum Gasteiger partial charge on any atom is 0.446 e. The van der Waals surface area contributed by atoms with Crippen LogP contribution < -0.4 is 0 Å². The van der Waals surface area contributed by atoms with E-state index in [4.69, 9.17) is 25.7 Å². The summed E-state index contributed by atoms with van der Waals surface area (Å²) in [6.07, 6.45) is 6.84. The fraction of sp³-hybridized carbons (Fsp3) is 0.867. The molecule has 1 aliphatic rings. The van der Waals surface area contributed by atoms with E-state index in [0.29, 0.717) is 18.3 Å². The van der Waals surface area contributed by atoms with E-state index in [1.54, 1.807) is 14.0 Å². The van der Waals surface area contributed by atoms with Crippen molar-refractivity contribution in [1.29, 1.82) is 0 Å². The maximum atomic E-state index is 12.3. The summed E-state index contributed by atoms with van der Waals surface area (Å²) in [6, 6.07) is 0.212. The van der Waals surface area contributed by atoms with Gasteiger partial charge in [0, 0.05) is 13.1 Å². The Morgan fingerprint density at radius 2 is 1.81 bits per heavy atom. The minimum Gasteiger partial charge on any atom is -0.318 e. The van der Waals surface area contributed by atoms with Crippen molar-refractivity contribution >= 4 is 53.5 Å². The van der Waals surface area contributed by atoms with Crippen LogP contribution in [0.25, 0.3) is 0 Å². The SMILES string of the molecule is CCOP(=S)(OCC)N(SN(C)C(=O)ON=C(C)SC)C1CCCCC1. The van der Waals surface area contributed by atoms with Gasteiger partial charge in [0.05, 0.1) is 25.3 Å². The van der Waals surface area contributed by atoms with Gasteiger partial charge in [0.15, 0.2) is 0 Å². The molecule has 1 aliphatic carbocycles. The van der Waals surface area contributed by atoms with E-state index in [1.807, 2.05) is 24.2 Å². The third-order valence-electron chi connectivity index (χ3n) is 3.72. The minimum atomic E-state index is -2.70. The van der Waals surface area contributed by atoms with E-state index in [0.717, 1.165) is 25.7 Å². The molecule has 152 valence electrons. The lowest BCUT2D eigenvalue weighted by molar-refractivity contribution is 0.136. The second-order valence-electron chi connectivity index (χ2n) is 5.65. The molecule has 0 radical (unpaired) electrons. The summed E-state index contributed by atoms with van der Waals surface area (Å²) >= 11 is 8.43. The van der Waals surface area contributed by atoms with Gasteiger partial charge in [-0.25, -0.2) is 9.10 Å². The fourth-order valence-corrected chi connectivity index (χ4v) is 7.11. The van der Waals surface area contributed by atoms with Gasteiger partial charge in [-0.05, 0) is 51.7 Å². The third kappa shape index (κ3) is 7.66. The molecule has 0 unspecified atom stereocenters. The summed E-state index contributed by atoms with van der Waals surface area (Å²) in [5.74, 6) is 0. The van der Waals surface area contributed by atoms with E-state index in [-0.39, 0.29) is 6.04 Å². The van der Waals surface area contributed by atoms with Gasteiger partial charge in [0.25, 0.3) is 6.64 Å². The second kappa shape index (κ2) is 12.6. The van der Waals surface area contributed by atoms with Gasteiger partial charge < -0.3 is 9.05 Å². The molecular weight excluding hydrogens is 413 g/mol. The summed E-state index contributed by atoms with van der Waals surface area (Å²) < 4.78 is 15.1. The van der Waals surface area contributed by atoms with Crippen molar-refractivity contribution in [3.05, 3.63) is 0 Å². The van der Waals surface area contributed by atoms with Crippen LogP contribution in [0.3, 0.4) is 0 Å². The van der Waals surface area contributed by atoms with Crippen LogP contribution >= 0.6 is 30.5 Å². The first-order valence-electron chi connectivity index (χ1n) is 8.78. The van der Waals surface area contributed by atoms with Crippen molar-refractivity contribution in [1.82, 2.24) is 8.38 Å². The first-order chi connectivity index (χ1) is 12.4. The van der Waals surface area contributed by atoms with E-state index in [9.17, 15) is 4.79 Å². The van der Waals surface area contributed by atoms with Gasteiger partial charge in [0.2, 0.25) is 0 Å². The van der Waals surface area contributed by atoms with Crippen molar-refractivity contribution in [2.24, 2.45) is 5.16 Å². The van der Waals surface area contributed by atoms with Crippen molar-refractivity contribution in [3.63, 3.8) is 0 Å². The molecule has 1 amide bonds. The van der Waals surface area contributed by atoms with Gasteiger partial charge in [-0.15, -0.1) is 11.8 Å². The molecule has 0 aromatic rings. The Balaban J connectivity index is 2.93. The van der Waals surface area contributed by atoms with Crippen LogP contribution in [0, 0.1) is 0 Å². The van der Waals surface area contributed by atoms with E-state index in [1.165, 1.54) is 34.6 Å². The number of thioether (sulfide) groups is 1. The first kappa shape index (κ1) is 24.2. The lowest BCUT2D eigenvalue weighted by atomic mass is 9.96. The number of amides is 1. The fourth-order valence-electron chi connectivity index (χ4n) is 2.45. The zero-order valence-electron chi connectivity index (χ0n) is 16.2. The highest BCUT2D eigenvalue weighted by Gasteiger charge is 2.37. The number of rotatable bonds is 9. The van der Waals surface area contributed by atoms with Crippen LogP contribution in [-0.2, 0) is 25.7 Å².